The lowest BCUT2D eigenvalue weighted by atomic mass is 9.92. The van der Waals surface area contributed by atoms with Crippen molar-refractivity contribution in [3.8, 4) is 5.75 Å². The van der Waals surface area contributed by atoms with Crippen LogP contribution >= 0.6 is 0 Å². The van der Waals surface area contributed by atoms with E-state index in [0.717, 1.165) is 4.90 Å². The predicted octanol–water partition coefficient (Wildman–Crippen LogP) is 1.66. The van der Waals surface area contributed by atoms with Gasteiger partial charge in [0.1, 0.15) is 5.75 Å². The molecule has 0 spiro atoms. The van der Waals surface area contributed by atoms with Crippen molar-refractivity contribution < 1.29 is 19.1 Å². The second-order valence-electron chi connectivity index (χ2n) is 5.50. The summed E-state index contributed by atoms with van der Waals surface area (Å²) in [6.45, 7) is 3.21. The summed E-state index contributed by atoms with van der Waals surface area (Å²) in [4.78, 5) is 37.1. The number of carbonyl (C=O) groups is 3. The second-order valence-corrected chi connectivity index (χ2v) is 5.50. The summed E-state index contributed by atoms with van der Waals surface area (Å²) in [7, 11) is 1.51. The molecule has 0 radical (unpaired) electrons. The van der Waals surface area contributed by atoms with Crippen LogP contribution in [0.5, 0.6) is 5.75 Å². The molecule has 1 aromatic rings. The summed E-state index contributed by atoms with van der Waals surface area (Å²) in [6.07, 6.45) is 0.150. The highest BCUT2D eigenvalue weighted by Crippen LogP contribution is 2.31. The van der Waals surface area contributed by atoms with Gasteiger partial charge in [0.25, 0.3) is 0 Å². The first-order valence-corrected chi connectivity index (χ1v) is 6.37. The number of hydrogen-bond donors (Lipinski definition) is 0. The third kappa shape index (κ3) is 2.57. The molecule has 0 saturated carbocycles. The standard InChI is InChI=1S/C15H17NO4/c1-15(2)8-13(18)16(14(15)19)9-12(17)10-5-4-6-11(7-10)20-3/h4-7H,8-9H2,1-3H3. The normalized spacial score (nSPS) is 17.4. The number of nitrogens with zero attached hydrogens (tertiary/aromatic N) is 1. The van der Waals surface area contributed by atoms with Crippen molar-refractivity contribution in [2.24, 2.45) is 5.41 Å². The number of Topliss-reactive ketones (excluding diaryl/α,β-unsaturated/α-hetero) is 1. The SMILES string of the molecule is COc1cccc(C(=O)CN2C(=O)CC(C)(C)C2=O)c1. The monoisotopic (exact) mass is 275 g/mol. The Labute approximate surface area is 117 Å². The van der Waals surface area contributed by atoms with Gasteiger partial charge in [0.15, 0.2) is 5.78 Å². The Morgan fingerprint density at radius 2 is 2.05 bits per heavy atom. The van der Waals surface area contributed by atoms with Gasteiger partial charge < -0.3 is 4.74 Å². The van der Waals surface area contributed by atoms with E-state index < -0.39 is 5.41 Å². The number of amides is 2. The Kier molecular flexibility index (Phi) is 3.61. The maximum atomic E-state index is 12.2. The lowest BCUT2D eigenvalue weighted by Gasteiger charge is -2.17. The highest BCUT2D eigenvalue weighted by Gasteiger charge is 2.45. The topological polar surface area (TPSA) is 63.7 Å². The van der Waals surface area contributed by atoms with Crippen LogP contribution in [-0.2, 0) is 9.59 Å². The first kappa shape index (κ1) is 14.2. The molecule has 5 nitrogen and oxygen atoms in total. The molecule has 5 heteroatoms. The van der Waals surface area contributed by atoms with Crippen molar-refractivity contribution in [1.29, 1.82) is 0 Å². The minimum atomic E-state index is -0.717. The predicted molar refractivity (Wildman–Crippen MR) is 72.4 cm³/mol. The number of carbonyl (C=O) groups excluding carboxylic acids is 3. The largest absolute Gasteiger partial charge is 0.497 e. The third-order valence-corrected chi connectivity index (χ3v) is 3.41. The molecule has 1 aliphatic rings. The first-order valence-electron chi connectivity index (χ1n) is 6.37. The maximum Gasteiger partial charge on any atom is 0.235 e. The number of methoxy groups -OCH3 is 1. The summed E-state index contributed by atoms with van der Waals surface area (Å²) in [5.74, 6) is -0.298. The van der Waals surface area contributed by atoms with Gasteiger partial charge in [0.05, 0.1) is 19.1 Å². The number of ether oxygens (including phenoxy) is 1. The van der Waals surface area contributed by atoms with E-state index in [4.69, 9.17) is 4.74 Å². The smallest absolute Gasteiger partial charge is 0.235 e. The molecule has 1 aromatic carbocycles. The fraction of sp³-hybridized carbons (Fsp3) is 0.400. The van der Waals surface area contributed by atoms with E-state index in [0.29, 0.717) is 11.3 Å². The molecule has 0 bridgehead atoms. The van der Waals surface area contributed by atoms with Gasteiger partial charge in [-0.3, -0.25) is 19.3 Å². The van der Waals surface area contributed by atoms with Crippen LogP contribution in [0.1, 0.15) is 30.6 Å². The second kappa shape index (κ2) is 5.07. The van der Waals surface area contributed by atoms with Crippen molar-refractivity contribution in [2.45, 2.75) is 20.3 Å². The molecule has 20 heavy (non-hydrogen) atoms. The lowest BCUT2D eigenvalue weighted by molar-refractivity contribution is -0.140. The van der Waals surface area contributed by atoms with Crippen molar-refractivity contribution >= 4 is 17.6 Å². The zero-order valence-electron chi connectivity index (χ0n) is 11.8. The van der Waals surface area contributed by atoms with Gasteiger partial charge in [-0.25, -0.2) is 0 Å². The number of likely N-dealkylation sites (tertiary alicyclic amines) is 1. The quantitative estimate of drug-likeness (QED) is 0.619. The Bertz CT molecular complexity index is 577. The fourth-order valence-corrected chi connectivity index (χ4v) is 2.22. The van der Waals surface area contributed by atoms with Gasteiger partial charge in [-0.1, -0.05) is 26.0 Å². The average Bonchev–Trinajstić information content (AvgIpc) is 2.61. The molecule has 0 aliphatic carbocycles. The van der Waals surface area contributed by atoms with E-state index in [2.05, 4.69) is 0 Å². The van der Waals surface area contributed by atoms with Crippen molar-refractivity contribution in [1.82, 2.24) is 4.90 Å². The molecular weight excluding hydrogens is 258 g/mol. The number of ketones is 1. The van der Waals surface area contributed by atoms with Crippen LogP contribution < -0.4 is 4.74 Å². The molecule has 1 fully saturated rings. The molecular formula is C15H17NO4. The van der Waals surface area contributed by atoms with Crippen LogP contribution in [0.25, 0.3) is 0 Å². The Morgan fingerprint density at radius 1 is 1.35 bits per heavy atom. The lowest BCUT2D eigenvalue weighted by Crippen LogP contribution is -2.37. The minimum Gasteiger partial charge on any atom is -0.497 e. The average molecular weight is 275 g/mol. The van der Waals surface area contributed by atoms with Gasteiger partial charge in [-0.2, -0.15) is 0 Å². The van der Waals surface area contributed by atoms with Crippen LogP contribution in [0.2, 0.25) is 0 Å². The van der Waals surface area contributed by atoms with E-state index in [-0.39, 0.29) is 30.6 Å². The van der Waals surface area contributed by atoms with Crippen LogP contribution in [0.3, 0.4) is 0 Å². The van der Waals surface area contributed by atoms with Crippen LogP contribution in [0.4, 0.5) is 0 Å². The molecule has 1 heterocycles. The molecule has 2 amide bonds. The molecule has 2 rings (SSSR count). The zero-order valence-corrected chi connectivity index (χ0v) is 11.8. The van der Waals surface area contributed by atoms with Gasteiger partial charge in [0, 0.05) is 12.0 Å². The number of hydrogen-bond acceptors (Lipinski definition) is 4. The number of imide groups is 1. The molecule has 0 atom stereocenters. The van der Waals surface area contributed by atoms with Crippen molar-refractivity contribution in [2.75, 3.05) is 13.7 Å². The highest BCUT2D eigenvalue weighted by molar-refractivity contribution is 6.10. The van der Waals surface area contributed by atoms with Crippen molar-refractivity contribution in [3.63, 3.8) is 0 Å². The zero-order chi connectivity index (χ0) is 14.9. The Balaban J connectivity index is 2.16. The van der Waals surface area contributed by atoms with Crippen molar-refractivity contribution in [3.05, 3.63) is 29.8 Å². The minimum absolute atomic E-state index is 0.150. The maximum absolute atomic E-state index is 12.2. The van der Waals surface area contributed by atoms with E-state index in [1.165, 1.54) is 7.11 Å². The summed E-state index contributed by atoms with van der Waals surface area (Å²) in [5.41, 5.74) is -0.291. The molecule has 106 valence electrons. The number of benzene rings is 1. The summed E-state index contributed by atoms with van der Waals surface area (Å²) >= 11 is 0. The first-order chi connectivity index (χ1) is 9.35. The van der Waals surface area contributed by atoms with Crippen LogP contribution in [0, 0.1) is 5.41 Å². The van der Waals surface area contributed by atoms with E-state index >= 15 is 0 Å². The Morgan fingerprint density at radius 3 is 2.60 bits per heavy atom. The van der Waals surface area contributed by atoms with Gasteiger partial charge in [0.2, 0.25) is 11.8 Å². The molecule has 0 unspecified atom stereocenters. The van der Waals surface area contributed by atoms with Gasteiger partial charge in [-0.15, -0.1) is 0 Å². The summed E-state index contributed by atoms with van der Waals surface area (Å²) in [6, 6.07) is 6.66. The van der Waals surface area contributed by atoms with E-state index in [1.807, 2.05) is 0 Å². The van der Waals surface area contributed by atoms with Crippen LogP contribution in [0.15, 0.2) is 24.3 Å². The molecule has 0 N–H and O–H groups in total. The highest BCUT2D eigenvalue weighted by atomic mass is 16.5. The molecule has 1 saturated heterocycles. The van der Waals surface area contributed by atoms with E-state index in [9.17, 15) is 14.4 Å². The third-order valence-electron chi connectivity index (χ3n) is 3.41. The van der Waals surface area contributed by atoms with Crippen LogP contribution in [-0.4, -0.2) is 36.2 Å². The summed E-state index contributed by atoms with van der Waals surface area (Å²) < 4.78 is 5.05. The van der Waals surface area contributed by atoms with Gasteiger partial charge in [-0.05, 0) is 12.1 Å². The van der Waals surface area contributed by atoms with Gasteiger partial charge >= 0.3 is 0 Å². The van der Waals surface area contributed by atoms with E-state index in [1.54, 1.807) is 38.1 Å². The molecule has 1 aliphatic heterocycles. The molecule has 0 aromatic heterocycles. The summed E-state index contributed by atoms with van der Waals surface area (Å²) in [5, 5.41) is 0. The Hall–Kier alpha value is -2.17. The fourth-order valence-electron chi connectivity index (χ4n) is 2.22. The number of rotatable bonds is 4.